The fourth-order valence-electron chi connectivity index (χ4n) is 4.26. The number of nitrogens with zero attached hydrogens (tertiary/aromatic N) is 2. The van der Waals surface area contributed by atoms with E-state index >= 15 is 0 Å². The molecule has 1 aromatic heterocycles. The van der Waals surface area contributed by atoms with Gasteiger partial charge in [-0.3, -0.25) is 4.79 Å². The number of ether oxygens (including phenoxy) is 3. The molecule has 36 heavy (non-hydrogen) atoms. The number of rotatable bonds is 8. The molecule has 2 atom stereocenters. The summed E-state index contributed by atoms with van der Waals surface area (Å²) in [6.45, 7) is 0.265. The van der Waals surface area contributed by atoms with Crippen LogP contribution in [0.2, 0.25) is 0 Å². The molecule has 4 rings (SSSR count). The molecular weight excluding hydrogens is 477 g/mol. The number of nitrogens with one attached hydrogen (secondary N) is 2. The van der Waals surface area contributed by atoms with Gasteiger partial charge in [-0.2, -0.15) is 18.3 Å². The van der Waals surface area contributed by atoms with Crippen molar-refractivity contribution in [2.24, 2.45) is 0 Å². The number of hydrogen-bond acceptors (Lipinski definition) is 6. The Morgan fingerprint density at radius 1 is 1.11 bits per heavy atom. The number of halogens is 3. The largest absolute Gasteiger partial charge is 0.497 e. The second kappa shape index (κ2) is 10.4. The van der Waals surface area contributed by atoms with Gasteiger partial charge in [-0.1, -0.05) is 18.2 Å². The first-order chi connectivity index (χ1) is 17.2. The minimum atomic E-state index is -4.54. The number of aromatic nitrogens is 2. The third-order valence-corrected chi connectivity index (χ3v) is 6.13. The van der Waals surface area contributed by atoms with E-state index in [4.69, 9.17) is 14.2 Å². The van der Waals surface area contributed by atoms with Gasteiger partial charge in [-0.25, -0.2) is 4.68 Å². The number of hydrogen-bond donors (Lipinski definition) is 2. The number of methoxy groups -OCH3 is 3. The molecule has 0 fully saturated rings. The summed E-state index contributed by atoms with van der Waals surface area (Å²) in [5.41, 5.74) is 1.57. The van der Waals surface area contributed by atoms with Gasteiger partial charge < -0.3 is 24.8 Å². The minimum Gasteiger partial charge on any atom is -0.497 e. The van der Waals surface area contributed by atoms with Crippen LogP contribution in [0.25, 0.3) is 0 Å². The number of anilines is 1. The molecule has 0 bridgehead atoms. The first kappa shape index (κ1) is 25.2. The van der Waals surface area contributed by atoms with Crippen LogP contribution in [0.5, 0.6) is 17.2 Å². The zero-order valence-corrected chi connectivity index (χ0v) is 20.1. The fraction of sp³-hybridized carbons (Fsp3) is 0.360. The van der Waals surface area contributed by atoms with Gasteiger partial charge in [0.25, 0.3) is 5.91 Å². The Bertz CT molecular complexity index is 1230. The van der Waals surface area contributed by atoms with E-state index in [-0.39, 0.29) is 24.3 Å². The summed E-state index contributed by atoms with van der Waals surface area (Å²) >= 11 is 0. The van der Waals surface area contributed by atoms with E-state index in [1.54, 1.807) is 43.5 Å². The average Bonchev–Trinajstić information content (AvgIpc) is 3.31. The maximum atomic E-state index is 13.9. The van der Waals surface area contributed by atoms with E-state index in [2.05, 4.69) is 15.7 Å². The van der Waals surface area contributed by atoms with Crippen molar-refractivity contribution >= 4 is 11.7 Å². The molecule has 2 aromatic carbocycles. The van der Waals surface area contributed by atoms with Crippen molar-refractivity contribution in [3.8, 4) is 17.2 Å². The summed E-state index contributed by atoms with van der Waals surface area (Å²) in [4.78, 5) is 12.9. The molecule has 3 aromatic rings. The highest BCUT2D eigenvalue weighted by molar-refractivity contribution is 5.98. The quantitative estimate of drug-likeness (QED) is 0.469. The molecule has 0 saturated heterocycles. The number of carbonyl (C=O) groups is 1. The number of carbonyl (C=O) groups excluding carboxylic acids is 1. The van der Waals surface area contributed by atoms with Gasteiger partial charge >= 0.3 is 6.18 Å². The van der Waals surface area contributed by atoms with Gasteiger partial charge in [-0.05, 0) is 41.8 Å². The summed E-state index contributed by atoms with van der Waals surface area (Å²) in [6, 6.07) is 9.70. The van der Waals surface area contributed by atoms with Crippen molar-refractivity contribution in [2.75, 3.05) is 33.2 Å². The number of fused-ring (bicyclic) bond motifs is 1. The topological polar surface area (TPSA) is 86.6 Å². The van der Waals surface area contributed by atoms with E-state index in [0.717, 1.165) is 10.2 Å². The third-order valence-electron chi connectivity index (χ3n) is 6.13. The molecule has 0 unspecified atom stereocenters. The van der Waals surface area contributed by atoms with Crippen LogP contribution in [0.1, 0.15) is 40.0 Å². The SMILES string of the molecule is COc1cccc([C@@H]2C[C@H](C(F)(F)F)n3ncc(C(=O)NCCc4ccc(OC)c(OC)c4)c3N2)c1. The van der Waals surface area contributed by atoms with Crippen LogP contribution < -0.4 is 24.8 Å². The van der Waals surface area contributed by atoms with Crippen molar-refractivity contribution in [3.63, 3.8) is 0 Å². The first-order valence-electron chi connectivity index (χ1n) is 11.3. The van der Waals surface area contributed by atoms with Crippen LogP contribution in [0.15, 0.2) is 48.7 Å². The Balaban J connectivity index is 1.52. The standard InChI is InChI=1S/C25H27F3N4O4/c1-34-17-6-4-5-16(12-17)19-13-22(25(26,27)28)32-23(31-19)18(14-30-32)24(33)29-10-9-15-7-8-20(35-2)21(11-15)36-3/h4-8,11-12,14,19,22,31H,9-10,13H2,1-3H3,(H,29,33)/t19-,22+/m0/s1. The molecule has 1 amide bonds. The van der Waals surface area contributed by atoms with Gasteiger partial charge in [0.15, 0.2) is 17.5 Å². The molecule has 192 valence electrons. The predicted octanol–water partition coefficient (Wildman–Crippen LogP) is 4.54. The monoisotopic (exact) mass is 504 g/mol. The maximum absolute atomic E-state index is 13.9. The second-order valence-electron chi connectivity index (χ2n) is 8.31. The van der Waals surface area contributed by atoms with Crippen LogP contribution in [0.3, 0.4) is 0 Å². The molecule has 0 aliphatic carbocycles. The molecule has 1 aliphatic heterocycles. The molecule has 0 radical (unpaired) electrons. The van der Waals surface area contributed by atoms with E-state index in [1.165, 1.54) is 20.4 Å². The molecule has 2 N–H and O–H groups in total. The van der Waals surface area contributed by atoms with Gasteiger partial charge in [0.2, 0.25) is 0 Å². The smallest absolute Gasteiger partial charge is 0.410 e. The van der Waals surface area contributed by atoms with Crippen LogP contribution in [0.4, 0.5) is 19.0 Å². The molecule has 2 heterocycles. The lowest BCUT2D eigenvalue weighted by Crippen LogP contribution is -2.36. The second-order valence-corrected chi connectivity index (χ2v) is 8.31. The summed E-state index contributed by atoms with van der Waals surface area (Å²) in [5, 5.41) is 9.77. The average molecular weight is 505 g/mol. The van der Waals surface area contributed by atoms with Crippen LogP contribution in [-0.4, -0.2) is 49.7 Å². The summed E-state index contributed by atoms with van der Waals surface area (Å²) in [6.07, 6.45) is -3.16. The molecule has 0 saturated carbocycles. The molecule has 0 spiro atoms. The Labute approximate surface area is 206 Å². The Morgan fingerprint density at radius 3 is 2.58 bits per heavy atom. The van der Waals surface area contributed by atoms with Crippen LogP contribution in [-0.2, 0) is 6.42 Å². The van der Waals surface area contributed by atoms with Crippen LogP contribution >= 0.6 is 0 Å². The zero-order valence-electron chi connectivity index (χ0n) is 20.1. The number of amides is 1. The highest BCUT2D eigenvalue weighted by Crippen LogP contribution is 2.44. The van der Waals surface area contributed by atoms with E-state index < -0.39 is 24.2 Å². The third kappa shape index (κ3) is 5.19. The van der Waals surface area contributed by atoms with E-state index in [1.807, 2.05) is 6.07 Å². The molecule has 1 aliphatic rings. The lowest BCUT2D eigenvalue weighted by Gasteiger charge is -2.34. The lowest BCUT2D eigenvalue weighted by molar-refractivity contribution is -0.173. The van der Waals surface area contributed by atoms with Gasteiger partial charge in [0, 0.05) is 13.0 Å². The minimum absolute atomic E-state index is 0.0278. The molecule has 11 heteroatoms. The lowest BCUT2D eigenvalue weighted by atomic mass is 9.96. The predicted molar refractivity (Wildman–Crippen MR) is 127 cm³/mol. The van der Waals surface area contributed by atoms with Crippen molar-refractivity contribution in [2.45, 2.75) is 31.1 Å². The Morgan fingerprint density at radius 2 is 1.89 bits per heavy atom. The van der Waals surface area contributed by atoms with E-state index in [9.17, 15) is 18.0 Å². The first-order valence-corrected chi connectivity index (χ1v) is 11.3. The summed E-state index contributed by atoms with van der Waals surface area (Å²) in [5.74, 6) is 1.20. The highest BCUT2D eigenvalue weighted by Gasteiger charge is 2.47. The van der Waals surface area contributed by atoms with E-state index in [0.29, 0.717) is 29.2 Å². The zero-order chi connectivity index (χ0) is 25.9. The number of alkyl halides is 3. The van der Waals surface area contributed by atoms with Gasteiger partial charge in [0.1, 0.15) is 17.1 Å². The van der Waals surface area contributed by atoms with Crippen molar-refractivity contribution in [1.29, 1.82) is 0 Å². The van der Waals surface area contributed by atoms with Crippen molar-refractivity contribution in [3.05, 3.63) is 65.4 Å². The number of benzene rings is 2. The molecular formula is C25H27F3N4O4. The van der Waals surface area contributed by atoms with Gasteiger partial charge in [0.05, 0.1) is 33.6 Å². The van der Waals surface area contributed by atoms with Crippen molar-refractivity contribution in [1.82, 2.24) is 15.1 Å². The van der Waals surface area contributed by atoms with Gasteiger partial charge in [-0.15, -0.1) is 0 Å². The molecule has 8 nitrogen and oxygen atoms in total. The highest BCUT2D eigenvalue weighted by atomic mass is 19.4. The van der Waals surface area contributed by atoms with Crippen molar-refractivity contribution < 1.29 is 32.2 Å². The normalized spacial score (nSPS) is 17.1. The fourth-order valence-corrected chi connectivity index (χ4v) is 4.26. The Kier molecular flexibility index (Phi) is 7.27. The van der Waals surface area contributed by atoms with Crippen LogP contribution in [0, 0.1) is 0 Å². The maximum Gasteiger partial charge on any atom is 0.410 e. The summed E-state index contributed by atoms with van der Waals surface area (Å²) < 4.78 is 58.4. The summed E-state index contributed by atoms with van der Waals surface area (Å²) in [7, 11) is 4.57. The Hall–Kier alpha value is -3.89.